The molecule has 0 radical (unpaired) electrons. The van der Waals surface area contributed by atoms with Crippen molar-refractivity contribution >= 4 is 10.0 Å². The second kappa shape index (κ2) is 5.79. The highest BCUT2D eigenvalue weighted by Gasteiger charge is 2.26. The van der Waals surface area contributed by atoms with Crippen LogP contribution in [0.4, 0.5) is 0 Å². The number of aryl methyl sites for hydroxylation is 1. The Bertz CT molecular complexity index is 479. The Morgan fingerprint density at radius 1 is 1.33 bits per heavy atom. The SMILES string of the molecule is CC(C)CS(=O)(=O)N[C@H](c1ncnn1C)C(C)C. The van der Waals surface area contributed by atoms with Gasteiger partial charge in [0.25, 0.3) is 0 Å². The molecule has 1 heterocycles. The minimum atomic E-state index is -3.30. The maximum atomic E-state index is 12.0. The third kappa shape index (κ3) is 4.06. The van der Waals surface area contributed by atoms with Gasteiger partial charge in [-0.15, -0.1) is 0 Å². The van der Waals surface area contributed by atoms with Crippen molar-refractivity contribution in [2.75, 3.05) is 5.75 Å². The molecule has 0 aliphatic carbocycles. The Morgan fingerprint density at radius 2 is 1.94 bits per heavy atom. The van der Waals surface area contributed by atoms with Crippen LogP contribution in [0, 0.1) is 11.8 Å². The van der Waals surface area contributed by atoms with Gasteiger partial charge in [-0.25, -0.2) is 18.1 Å². The average Bonchev–Trinajstić information content (AvgIpc) is 2.58. The zero-order valence-corrected chi connectivity index (χ0v) is 12.4. The quantitative estimate of drug-likeness (QED) is 0.842. The van der Waals surface area contributed by atoms with E-state index in [0.29, 0.717) is 5.82 Å². The molecule has 104 valence electrons. The molecule has 18 heavy (non-hydrogen) atoms. The van der Waals surface area contributed by atoms with Crippen LogP contribution in [0.5, 0.6) is 0 Å². The van der Waals surface area contributed by atoms with Gasteiger partial charge in [0.1, 0.15) is 12.2 Å². The van der Waals surface area contributed by atoms with Crippen LogP contribution >= 0.6 is 0 Å². The van der Waals surface area contributed by atoms with E-state index in [1.807, 2.05) is 27.7 Å². The molecule has 0 amide bonds. The van der Waals surface area contributed by atoms with E-state index in [2.05, 4.69) is 14.8 Å². The van der Waals surface area contributed by atoms with E-state index >= 15 is 0 Å². The smallest absolute Gasteiger partial charge is 0.212 e. The van der Waals surface area contributed by atoms with Gasteiger partial charge in [0.2, 0.25) is 10.0 Å². The Hall–Kier alpha value is -0.950. The van der Waals surface area contributed by atoms with Gasteiger partial charge in [-0.05, 0) is 11.8 Å². The van der Waals surface area contributed by atoms with Gasteiger partial charge in [-0.1, -0.05) is 27.7 Å². The summed E-state index contributed by atoms with van der Waals surface area (Å²) in [6, 6.07) is -0.346. The van der Waals surface area contributed by atoms with Gasteiger partial charge >= 0.3 is 0 Å². The molecule has 1 atom stereocenters. The van der Waals surface area contributed by atoms with Crippen molar-refractivity contribution in [3.05, 3.63) is 12.2 Å². The van der Waals surface area contributed by atoms with Crippen molar-refractivity contribution < 1.29 is 8.42 Å². The molecule has 0 aliphatic heterocycles. The van der Waals surface area contributed by atoms with E-state index in [4.69, 9.17) is 0 Å². The summed E-state index contributed by atoms with van der Waals surface area (Å²) in [5.74, 6) is 0.954. The molecule has 0 unspecified atom stereocenters. The van der Waals surface area contributed by atoms with Crippen molar-refractivity contribution in [3.63, 3.8) is 0 Å². The summed E-state index contributed by atoms with van der Waals surface area (Å²) in [7, 11) is -1.54. The average molecular weight is 274 g/mol. The van der Waals surface area contributed by atoms with Crippen molar-refractivity contribution in [3.8, 4) is 0 Å². The van der Waals surface area contributed by atoms with Crippen molar-refractivity contribution in [1.29, 1.82) is 0 Å². The predicted molar refractivity (Wildman–Crippen MR) is 70.3 cm³/mol. The number of sulfonamides is 1. The lowest BCUT2D eigenvalue weighted by molar-refractivity contribution is 0.427. The fraction of sp³-hybridized carbons (Fsp3) is 0.818. The molecule has 0 spiro atoms. The molecule has 0 aromatic carbocycles. The summed E-state index contributed by atoms with van der Waals surface area (Å²) >= 11 is 0. The van der Waals surface area contributed by atoms with Crippen LogP contribution in [0.2, 0.25) is 0 Å². The molecular weight excluding hydrogens is 252 g/mol. The minimum Gasteiger partial charge on any atom is -0.252 e. The number of hydrogen-bond acceptors (Lipinski definition) is 4. The largest absolute Gasteiger partial charge is 0.252 e. The highest BCUT2D eigenvalue weighted by Crippen LogP contribution is 2.20. The molecule has 0 saturated carbocycles. The molecule has 1 N–H and O–H groups in total. The monoisotopic (exact) mass is 274 g/mol. The molecule has 1 rings (SSSR count). The van der Waals surface area contributed by atoms with Crippen LogP contribution in [0.3, 0.4) is 0 Å². The summed E-state index contributed by atoms with van der Waals surface area (Å²) in [5.41, 5.74) is 0. The number of aromatic nitrogens is 3. The normalized spacial score (nSPS) is 14.4. The van der Waals surface area contributed by atoms with Crippen molar-refractivity contribution in [1.82, 2.24) is 19.5 Å². The first kappa shape index (κ1) is 15.1. The maximum absolute atomic E-state index is 12.0. The molecule has 0 aliphatic rings. The van der Waals surface area contributed by atoms with Crippen LogP contribution in [-0.4, -0.2) is 28.9 Å². The first-order chi connectivity index (χ1) is 8.23. The van der Waals surface area contributed by atoms with Gasteiger partial charge in [0.05, 0.1) is 11.8 Å². The van der Waals surface area contributed by atoms with Crippen molar-refractivity contribution in [2.45, 2.75) is 33.7 Å². The van der Waals surface area contributed by atoms with Gasteiger partial charge in [0.15, 0.2) is 0 Å². The minimum absolute atomic E-state index is 0.0924. The van der Waals surface area contributed by atoms with Gasteiger partial charge in [0, 0.05) is 7.05 Å². The molecule has 1 aromatic rings. The Morgan fingerprint density at radius 3 is 2.33 bits per heavy atom. The van der Waals surface area contributed by atoms with Crippen LogP contribution in [-0.2, 0) is 17.1 Å². The van der Waals surface area contributed by atoms with Crippen LogP contribution in [0.15, 0.2) is 6.33 Å². The molecule has 0 fully saturated rings. The second-order valence-corrected chi connectivity index (χ2v) is 7.06. The molecule has 0 saturated heterocycles. The summed E-state index contributed by atoms with van der Waals surface area (Å²) in [6.07, 6.45) is 1.43. The number of nitrogens with zero attached hydrogens (tertiary/aromatic N) is 3. The fourth-order valence-corrected chi connectivity index (χ4v) is 3.49. The summed E-state index contributed by atoms with van der Waals surface area (Å²) in [5, 5.41) is 3.98. The van der Waals surface area contributed by atoms with E-state index < -0.39 is 10.0 Å². The van der Waals surface area contributed by atoms with Gasteiger partial charge in [-0.3, -0.25) is 4.68 Å². The lowest BCUT2D eigenvalue weighted by Crippen LogP contribution is -2.36. The standard InChI is InChI=1S/C11H22N4O2S/c1-8(2)6-18(16,17)14-10(9(3)4)11-12-7-13-15(11)5/h7-10,14H,6H2,1-5H3/t10-/m0/s1. The third-order valence-corrected chi connectivity index (χ3v) is 4.27. The lowest BCUT2D eigenvalue weighted by atomic mass is 10.1. The molecule has 0 bridgehead atoms. The van der Waals surface area contributed by atoms with E-state index in [1.54, 1.807) is 11.7 Å². The molecular formula is C11H22N4O2S. The topological polar surface area (TPSA) is 76.9 Å². The first-order valence-electron chi connectivity index (χ1n) is 6.07. The van der Waals surface area contributed by atoms with Gasteiger partial charge < -0.3 is 0 Å². The number of rotatable bonds is 6. The Labute approximate surface area is 109 Å². The second-order valence-electron chi connectivity index (χ2n) is 5.26. The predicted octanol–water partition coefficient (Wildman–Crippen LogP) is 1.09. The lowest BCUT2D eigenvalue weighted by Gasteiger charge is -2.21. The van der Waals surface area contributed by atoms with Crippen molar-refractivity contribution in [2.24, 2.45) is 18.9 Å². The molecule has 1 aromatic heterocycles. The highest BCUT2D eigenvalue weighted by atomic mass is 32.2. The first-order valence-corrected chi connectivity index (χ1v) is 7.72. The van der Waals surface area contributed by atoms with Gasteiger partial charge in [-0.2, -0.15) is 5.10 Å². The zero-order valence-electron chi connectivity index (χ0n) is 11.6. The van der Waals surface area contributed by atoms with Crippen LogP contribution < -0.4 is 4.72 Å². The summed E-state index contributed by atoms with van der Waals surface area (Å²) < 4.78 is 28.3. The Kier molecular flexibility index (Phi) is 4.86. The molecule has 6 nitrogen and oxygen atoms in total. The molecule has 7 heteroatoms. The van der Waals surface area contributed by atoms with E-state index in [0.717, 1.165) is 0 Å². The fourth-order valence-electron chi connectivity index (χ4n) is 1.75. The van der Waals surface area contributed by atoms with E-state index in [1.165, 1.54) is 6.33 Å². The summed E-state index contributed by atoms with van der Waals surface area (Å²) in [4.78, 5) is 4.13. The van der Waals surface area contributed by atoms with E-state index in [-0.39, 0.29) is 23.6 Å². The van der Waals surface area contributed by atoms with E-state index in [9.17, 15) is 8.42 Å². The number of nitrogens with one attached hydrogen (secondary N) is 1. The zero-order chi connectivity index (χ0) is 13.9. The number of hydrogen-bond donors (Lipinski definition) is 1. The highest BCUT2D eigenvalue weighted by molar-refractivity contribution is 7.89. The third-order valence-electron chi connectivity index (χ3n) is 2.55. The van der Waals surface area contributed by atoms with Crippen LogP contribution in [0.25, 0.3) is 0 Å². The summed E-state index contributed by atoms with van der Waals surface area (Å²) in [6.45, 7) is 7.67. The Balaban J connectivity index is 2.93. The van der Waals surface area contributed by atoms with Crippen LogP contribution in [0.1, 0.15) is 39.6 Å². The maximum Gasteiger partial charge on any atom is 0.212 e.